The summed E-state index contributed by atoms with van der Waals surface area (Å²) in [7, 11) is 0. The van der Waals surface area contributed by atoms with E-state index in [0.717, 1.165) is 11.8 Å². The van der Waals surface area contributed by atoms with Gasteiger partial charge in [0.05, 0.1) is 5.69 Å². The van der Waals surface area contributed by atoms with Gasteiger partial charge in [0.25, 0.3) is 5.91 Å². The molecule has 5 atom stereocenters. The number of hydrogen-bond donors (Lipinski definition) is 1. The van der Waals surface area contributed by atoms with Crippen LogP contribution < -0.4 is 5.32 Å². The third kappa shape index (κ3) is 3.19. The maximum Gasteiger partial charge on any atom is 0.344 e. The van der Waals surface area contributed by atoms with Crippen LogP contribution in [-0.2, 0) is 9.53 Å². The first-order valence-electron chi connectivity index (χ1n) is 8.81. The number of amides is 1. The first-order valence-corrected chi connectivity index (χ1v) is 8.81. The largest absolute Gasteiger partial charge is 0.449 e. The van der Waals surface area contributed by atoms with E-state index in [2.05, 4.69) is 17.4 Å². The van der Waals surface area contributed by atoms with Crippen LogP contribution in [0.4, 0.5) is 0 Å². The first kappa shape index (κ1) is 17.0. The maximum atomic E-state index is 12.4. The van der Waals surface area contributed by atoms with Crippen molar-refractivity contribution in [3.05, 3.63) is 17.0 Å². The van der Waals surface area contributed by atoms with Gasteiger partial charge in [0.15, 0.2) is 6.10 Å². The summed E-state index contributed by atoms with van der Waals surface area (Å²) in [6.45, 7) is 6.98. The third-order valence-corrected chi connectivity index (χ3v) is 5.70. The van der Waals surface area contributed by atoms with Gasteiger partial charge < -0.3 is 14.6 Å². The quantitative estimate of drug-likeness (QED) is 0.837. The zero-order chi connectivity index (χ0) is 17.4. The van der Waals surface area contributed by atoms with Crippen molar-refractivity contribution >= 4 is 11.9 Å². The summed E-state index contributed by atoms with van der Waals surface area (Å²) in [6.07, 6.45) is 4.30. The lowest BCUT2D eigenvalue weighted by molar-refractivity contribution is -0.130. The molecule has 1 aromatic heterocycles. The monoisotopic (exact) mass is 334 g/mol. The second-order valence-corrected chi connectivity index (χ2v) is 7.38. The van der Waals surface area contributed by atoms with Crippen molar-refractivity contribution in [2.75, 3.05) is 0 Å². The molecule has 132 valence electrons. The van der Waals surface area contributed by atoms with Crippen LogP contribution >= 0.6 is 0 Å². The van der Waals surface area contributed by atoms with E-state index in [-0.39, 0.29) is 11.9 Å². The topological polar surface area (TPSA) is 81.4 Å². The van der Waals surface area contributed by atoms with E-state index in [1.54, 1.807) is 20.8 Å². The number of fused-ring (bicyclic) bond motifs is 2. The first-order chi connectivity index (χ1) is 11.4. The van der Waals surface area contributed by atoms with Gasteiger partial charge in [0.1, 0.15) is 11.3 Å². The highest BCUT2D eigenvalue weighted by Gasteiger charge is 2.42. The van der Waals surface area contributed by atoms with Gasteiger partial charge in [-0.1, -0.05) is 11.6 Å². The van der Waals surface area contributed by atoms with E-state index in [0.29, 0.717) is 22.9 Å². The predicted octanol–water partition coefficient (Wildman–Crippen LogP) is 2.78. The molecule has 6 nitrogen and oxygen atoms in total. The van der Waals surface area contributed by atoms with E-state index in [9.17, 15) is 9.59 Å². The van der Waals surface area contributed by atoms with Crippen LogP contribution in [0.25, 0.3) is 0 Å². The maximum absolute atomic E-state index is 12.4. The zero-order valence-electron chi connectivity index (χ0n) is 14.8. The summed E-state index contributed by atoms with van der Waals surface area (Å²) in [4.78, 5) is 24.6. The molecule has 1 heterocycles. The molecule has 0 spiro atoms. The third-order valence-electron chi connectivity index (χ3n) is 5.70. The summed E-state index contributed by atoms with van der Waals surface area (Å²) in [5.74, 6) is 1.73. The Balaban J connectivity index is 1.54. The number of carbonyl (C=O) groups is 2. The number of esters is 1. The summed E-state index contributed by atoms with van der Waals surface area (Å²) in [6, 6.07) is 0.119. The molecule has 0 saturated heterocycles. The van der Waals surface area contributed by atoms with Crippen molar-refractivity contribution in [2.24, 2.45) is 17.8 Å². The number of aromatic nitrogens is 1. The lowest BCUT2D eigenvalue weighted by Crippen LogP contribution is -2.45. The Bertz CT molecular complexity index is 619. The van der Waals surface area contributed by atoms with Gasteiger partial charge in [-0.3, -0.25) is 4.79 Å². The summed E-state index contributed by atoms with van der Waals surface area (Å²) >= 11 is 0. The molecule has 5 unspecified atom stereocenters. The van der Waals surface area contributed by atoms with Crippen molar-refractivity contribution in [3.8, 4) is 0 Å². The molecule has 2 bridgehead atoms. The summed E-state index contributed by atoms with van der Waals surface area (Å²) in [5, 5.41) is 6.77. The number of nitrogens with zero attached hydrogens (tertiary/aromatic N) is 1. The Morgan fingerprint density at radius 1 is 1.25 bits per heavy atom. The molecule has 1 N–H and O–H groups in total. The van der Waals surface area contributed by atoms with Crippen molar-refractivity contribution in [2.45, 2.75) is 65.5 Å². The fraction of sp³-hybridized carbons (Fsp3) is 0.722. The molecule has 1 amide bonds. The average Bonchev–Trinajstić information content (AvgIpc) is 3.23. The van der Waals surface area contributed by atoms with E-state index >= 15 is 0 Å². The van der Waals surface area contributed by atoms with Gasteiger partial charge in [-0.15, -0.1) is 0 Å². The van der Waals surface area contributed by atoms with E-state index < -0.39 is 12.1 Å². The van der Waals surface area contributed by atoms with E-state index in [1.165, 1.54) is 25.7 Å². The molecule has 2 saturated carbocycles. The lowest BCUT2D eigenvalue weighted by Gasteiger charge is -2.29. The fourth-order valence-corrected chi connectivity index (χ4v) is 4.40. The highest BCUT2D eigenvalue weighted by atomic mass is 16.5. The highest BCUT2D eigenvalue weighted by Crippen LogP contribution is 2.49. The molecule has 2 aliphatic carbocycles. The van der Waals surface area contributed by atoms with E-state index in [4.69, 9.17) is 9.26 Å². The lowest BCUT2D eigenvalue weighted by atomic mass is 9.84. The molecule has 6 heteroatoms. The molecule has 0 aromatic carbocycles. The van der Waals surface area contributed by atoms with Gasteiger partial charge in [-0.25, -0.2) is 4.79 Å². The van der Waals surface area contributed by atoms with Crippen LogP contribution in [0.15, 0.2) is 4.52 Å². The van der Waals surface area contributed by atoms with Crippen LogP contribution in [0, 0.1) is 31.6 Å². The Morgan fingerprint density at radius 2 is 2.00 bits per heavy atom. The fourth-order valence-electron chi connectivity index (χ4n) is 4.40. The van der Waals surface area contributed by atoms with Gasteiger partial charge in [0.2, 0.25) is 0 Å². The second-order valence-electron chi connectivity index (χ2n) is 7.38. The minimum absolute atomic E-state index is 0.119. The van der Waals surface area contributed by atoms with Gasteiger partial charge in [-0.05, 0) is 64.7 Å². The van der Waals surface area contributed by atoms with Crippen molar-refractivity contribution in [1.29, 1.82) is 0 Å². The normalized spacial score (nSPS) is 27.8. The Morgan fingerprint density at radius 3 is 2.54 bits per heavy atom. The highest BCUT2D eigenvalue weighted by molar-refractivity contribution is 5.93. The Labute approximate surface area is 142 Å². The van der Waals surface area contributed by atoms with E-state index in [1.807, 2.05) is 0 Å². The van der Waals surface area contributed by atoms with Crippen molar-refractivity contribution < 1.29 is 18.8 Å². The van der Waals surface area contributed by atoms with Crippen LogP contribution in [-0.4, -0.2) is 29.2 Å². The molecule has 3 rings (SSSR count). The molecule has 2 aliphatic rings. The van der Waals surface area contributed by atoms with Gasteiger partial charge in [-0.2, -0.15) is 0 Å². The molecular formula is C18H26N2O4. The molecule has 0 radical (unpaired) electrons. The van der Waals surface area contributed by atoms with Crippen LogP contribution in [0.1, 0.15) is 61.3 Å². The van der Waals surface area contributed by atoms with Crippen LogP contribution in [0.5, 0.6) is 0 Å². The van der Waals surface area contributed by atoms with Gasteiger partial charge in [0, 0.05) is 6.04 Å². The number of carbonyl (C=O) groups excluding carboxylic acids is 2. The SMILES string of the molecule is Cc1noc(C)c1C(=O)OC(C)C(=O)NC(C)C1CC2CCC1C2. The predicted molar refractivity (Wildman–Crippen MR) is 87.4 cm³/mol. The molecule has 2 fully saturated rings. The van der Waals surface area contributed by atoms with Crippen molar-refractivity contribution in [3.63, 3.8) is 0 Å². The molecule has 1 aromatic rings. The number of aryl methyl sites for hydroxylation is 2. The average molecular weight is 334 g/mol. The number of rotatable bonds is 5. The summed E-state index contributed by atoms with van der Waals surface area (Å²) in [5.41, 5.74) is 0.774. The number of hydrogen-bond acceptors (Lipinski definition) is 5. The van der Waals surface area contributed by atoms with Crippen LogP contribution in [0.2, 0.25) is 0 Å². The Hall–Kier alpha value is -1.85. The molecule has 0 aliphatic heterocycles. The number of ether oxygens (including phenoxy) is 1. The van der Waals surface area contributed by atoms with Crippen molar-refractivity contribution in [1.82, 2.24) is 10.5 Å². The molecular weight excluding hydrogens is 308 g/mol. The minimum atomic E-state index is -0.841. The number of nitrogens with one attached hydrogen (secondary N) is 1. The smallest absolute Gasteiger partial charge is 0.344 e. The molecule has 24 heavy (non-hydrogen) atoms. The summed E-state index contributed by atoms with van der Waals surface area (Å²) < 4.78 is 10.3. The zero-order valence-corrected chi connectivity index (χ0v) is 14.8. The second kappa shape index (κ2) is 6.57. The standard InChI is InChI=1S/C18H26N2O4/c1-9(15-8-13-5-6-14(15)7-13)19-17(21)12(4)23-18(22)16-10(2)20-24-11(16)3/h9,12-15H,5-8H2,1-4H3,(H,19,21). The van der Waals surface area contributed by atoms with Crippen LogP contribution in [0.3, 0.4) is 0 Å². The van der Waals surface area contributed by atoms with Gasteiger partial charge >= 0.3 is 5.97 Å². The Kier molecular flexibility index (Phi) is 4.65. The minimum Gasteiger partial charge on any atom is -0.449 e.